The maximum absolute atomic E-state index is 12.4. The number of aromatic nitrogens is 1. The Balaban J connectivity index is 2.17. The molecule has 0 bridgehead atoms. The van der Waals surface area contributed by atoms with E-state index in [1.807, 2.05) is 36.4 Å². The third kappa shape index (κ3) is 2.95. The van der Waals surface area contributed by atoms with E-state index in [9.17, 15) is 4.79 Å². The van der Waals surface area contributed by atoms with Gasteiger partial charge >= 0.3 is 0 Å². The van der Waals surface area contributed by atoms with Crippen molar-refractivity contribution in [2.24, 2.45) is 4.99 Å². The zero-order valence-electron chi connectivity index (χ0n) is 11.7. The summed E-state index contributed by atoms with van der Waals surface area (Å²) in [4.78, 5) is 17.5. The van der Waals surface area contributed by atoms with Gasteiger partial charge in [-0.05, 0) is 53.2 Å². The van der Waals surface area contributed by atoms with Crippen molar-refractivity contribution in [3.63, 3.8) is 0 Å². The summed E-state index contributed by atoms with van der Waals surface area (Å²) in [5.41, 5.74) is 1.66. The highest BCUT2D eigenvalue weighted by Crippen LogP contribution is 2.22. The van der Waals surface area contributed by atoms with Crippen LogP contribution in [0.5, 0.6) is 0 Å². The average molecular weight is 440 g/mol. The molecule has 0 saturated carbocycles. The summed E-state index contributed by atoms with van der Waals surface area (Å²) < 4.78 is 4.94. The van der Waals surface area contributed by atoms with Crippen molar-refractivity contribution in [3.05, 3.63) is 61.8 Å². The normalized spacial score (nSPS) is 12.0. The number of rotatable bonds is 2. The highest BCUT2D eigenvalue weighted by molar-refractivity contribution is 9.10. The van der Waals surface area contributed by atoms with E-state index in [0.29, 0.717) is 5.56 Å². The van der Waals surface area contributed by atoms with Gasteiger partial charge in [0.05, 0.1) is 15.8 Å². The lowest BCUT2D eigenvalue weighted by Gasteiger charge is -2.01. The fraction of sp³-hybridized carbons (Fsp3) is 0.125. The van der Waals surface area contributed by atoms with Gasteiger partial charge in [0.1, 0.15) is 0 Å². The molecule has 0 N–H and O–H groups in total. The van der Waals surface area contributed by atoms with Gasteiger partial charge in [-0.25, -0.2) is 0 Å². The first kappa shape index (κ1) is 15.6. The van der Waals surface area contributed by atoms with Crippen molar-refractivity contribution in [1.29, 1.82) is 0 Å². The van der Waals surface area contributed by atoms with Crippen molar-refractivity contribution >= 4 is 59.3 Å². The van der Waals surface area contributed by atoms with Gasteiger partial charge in [0.2, 0.25) is 0 Å². The Morgan fingerprint density at radius 1 is 1.23 bits per heavy atom. The van der Waals surface area contributed by atoms with Crippen LogP contribution in [0.3, 0.4) is 0 Å². The summed E-state index contributed by atoms with van der Waals surface area (Å²) in [6.45, 7) is 2.82. The van der Waals surface area contributed by atoms with Gasteiger partial charge in [-0.3, -0.25) is 4.79 Å². The minimum atomic E-state index is -0.236. The van der Waals surface area contributed by atoms with Crippen LogP contribution in [-0.4, -0.2) is 10.5 Å². The maximum Gasteiger partial charge on any atom is 0.280 e. The molecule has 0 aliphatic rings. The van der Waals surface area contributed by atoms with Crippen molar-refractivity contribution in [2.75, 3.05) is 0 Å². The summed E-state index contributed by atoms with van der Waals surface area (Å²) in [6, 6.07) is 13.4. The molecule has 3 rings (SSSR count). The van der Waals surface area contributed by atoms with Crippen LogP contribution < -0.4 is 4.80 Å². The molecule has 1 amide bonds. The summed E-state index contributed by atoms with van der Waals surface area (Å²) >= 11 is 8.40. The second kappa shape index (κ2) is 6.48. The van der Waals surface area contributed by atoms with E-state index in [1.165, 1.54) is 11.3 Å². The Hall–Kier alpha value is -1.24. The monoisotopic (exact) mass is 438 g/mol. The first-order valence-electron chi connectivity index (χ1n) is 6.72. The van der Waals surface area contributed by atoms with Gasteiger partial charge in [-0.2, -0.15) is 4.99 Å². The minimum Gasteiger partial charge on any atom is -0.317 e. The molecule has 0 atom stereocenters. The fourth-order valence-electron chi connectivity index (χ4n) is 2.22. The Morgan fingerprint density at radius 2 is 2.00 bits per heavy atom. The standard InChI is InChI=1S/C16H12Br2N2OS/c1-2-20-13-8-7-10(17)9-14(13)22-16(20)19-15(21)11-5-3-4-6-12(11)18/h3-9H,2H2,1H3. The Bertz CT molecular complexity index is 927. The molecule has 1 heterocycles. The number of hydrogen-bond acceptors (Lipinski definition) is 2. The van der Waals surface area contributed by atoms with E-state index < -0.39 is 0 Å². The molecular formula is C16H12Br2N2OS. The van der Waals surface area contributed by atoms with Crippen LogP contribution in [0, 0.1) is 0 Å². The quantitative estimate of drug-likeness (QED) is 0.553. The van der Waals surface area contributed by atoms with Crippen molar-refractivity contribution in [2.45, 2.75) is 13.5 Å². The highest BCUT2D eigenvalue weighted by Gasteiger charge is 2.10. The Morgan fingerprint density at radius 3 is 2.73 bits per heavy atom. The molecule has 0 spiro atoms. The lowest BCUT2D eigenvalue weighted by Crippen LogP contribution is -2.16. The lowest BCUT2D eigenvalue weighted by atomic mass is 10.2. The second-order valence-corrected chi connectivity index (χ2v) is 7.42. The second-order valence-electron chi connectivity index (χ2n) is 4.64. The molecule has 22 heavy (non-hydrogen) atoms. The zero-order valence-corrected chi connectivity index (χ0v) is 15.7. The van der Waals surface area contributed by atoms with Crippen molar-refractivity contribution in [3.8, 4) is 0 Å². The van der Waals surface area contributed by atoms with Gasteiger partial charge in [0.25, 0.3) is 5.91 Å². The number of fused-ring (bicyclic) bond motifs is 1. The number of benzene rings is 2. The number of halogens is 2. The molecule has 0 radical (unpaired) electrons. The van der Waals surface area contributed by atoms with Crippen molar-refractivity contribution < 1.29 is 4.79 Å². The van der Waals surface area contributed by atoms with E-state index in [0.717, 1.165) is 30.5 Å². The highest BCUT2D eigenvalue weighted by atomic mass is 79.9. The van der Waals surface area contributed by atoms with E-state index >= 15 is 0 Å². The molecule has 0 saturated heterocycles. The molecule has 3 nitrogen and oxygen atoms in total. The molecule has 2 aromatic carbocycles. The molecule has 0 aliphatic carbocycles. The predicted molar refractivity (Wildman–Crippen MR) is 97.2 cm³/mol. The maximum atomic E-state index is 12.4. The van der Waals surface area contributed by atoms with Crippen LogP contribution in [0.25, 0.3) is 10.2 Å². The largest absolute Gasteiger partial charge is 0.317 e. The molecule has 0 aliphatic heterocycles. The molecule has 3 aromatic rings. The summed E-state index contributed by atoms with van der Waals surface area (Å²) in [7, 11) is 0. The van der Waals surface area contributed by atoms with Gasteiger partial charge in [0.15, 0.2) is 4.80 Å². The van der Waals surface area contributed by atoms with Gasteiger partial charge in [-0.1, -0.05) is 39.4 Å². The van der Waals surface area contributed by atoms with Crippen LogP contribution in [0.2, 0.25) is 0 Å². The molecule has 0 fully saturated rings. The Labute approximate surface area is 148 Å². The van der Waals surface area contributed by atoms with Crippen molar-refractivity contribution in [1.82, 2.24) is 4.57 Å². The van der Waals surface area contributed by atoms with Crippen LogP contribution in [0.4, 0.5) is 0 Å². The van der Waals surface area contributed by atoms with Gasteiger partial charge in [0, 0.05) is 15.5 Å². The number of thiazole rings is 1. The van der Waals surface area contributed by atoms with Crippen LogP contribution in [0.1, 0.15) is 17.3 Å². The Kier molecular flexibility index (Phi) is 4.61. The first-order chi connectivity index (χ1) is 10.6. The number of carbonyl (C=O) groups is 1. The van der Waals surface area contributed by atoms with E-state index in [4.69, 9.17) is 0 Å². The predicted octanol–water partition coefficient (Wildman–Crippen LogP) is 4.99. The average Bonchev–Trinajstić information content (AvgIpc) is 2.83. The third-order valence-electron chi connectivity index (χ3n) is 3.26. The van der Waals surface area contributed by atoms with E-state index in [1.54, 1.807) is 6.07 Å². The van der Waals surface area contributed by atoms with E-state index in [-0.39, 0.29) is 5.91 Å². The van der Waals surface area contributed by atoms with Crippen LogP contribution in [0.15, 0.2) is 56.4 Å². The number of aryl methyl sites for hydroxylation is 1. The number of hydrogen-bond donors (Lipinski definition) is 0. The summed E-state index contributed by atoms with van der Waals surface area (Å²) in [5, 5.41) is 0. The van der Waals surface area contributed by atoms with Crippen LogP contribution in [-0.2, 0) is 6.54 Å². The fourth-order valence-corrected chi connectivity index (χ4v) is 4.32. The molecule has 0 unspecified atom stereocenters. The molecular weight excluding hydrogens is 428 g/mol. The zero-order chi connectivity index (χ0) is 15.7. The summed E-state index contributed by atoms with van der Waals surface area (Å²) in [6.07, 6.45) is 0. The molecule has 112 valence electrons. The summed E-state index contributed by atoms with van der Waals surface area (Å²) in [5.74, 6) is -0.236. The topological polar surface area (TPSA) is 34.4 Å². The van der Waals surface area contributed by atoms with E-state index in [2.05, 4.69) is 48.3 Å². The SMILES string of the molecule is CCn1c(=NC(=O)c2ccccc2Br)sc2cc(Br)ccc21. The molecule has 6 heteroatoms. The number of carbonyl (C=O) groups excluding carboxylic acids is 1. The number of amides is 1. The van der Waals surface area contributed by atoms with Crippen LogP contribution >= 0.6 is 43.2 Å². The first-order valence-corrected chi connectivity index (χ1v) is 9.13. The van der Waals surface area contributed by atoms with Gasteiger partial charge in [-0.15, -0.1) is 0 Å². The van der Waals surface area contributed by atoms with Gasteiger partial charge < -0.3 is 4.57 Å². The third-order valence-corrected chi connectivity index (χ3v) is 5.49. The lowest BCUT2D eigenvalue weighted by molar-refractivity contribution is 0.0997. The minimum absolute atomic E-state index is 0.236. The number of nitrogens with zero attached hydrogens (tertiary/aromatic N) is 2. The molecule has 1 aromatic heterocycles. The smallest absolute Gasteiger partial charge is 0.280 e.